The molecule has 0 aliphatic heterocycles. The van der Waals surface area contributed by atoms with E-state index in [0.29, 0.717) is 37.2 Å². The molecular weight excluding hydrogens is 564 g/mol. The summed E-state index contributed by atoms with van der Waals surface area (Å²) in [5.41, 5.74) is -3.85. The summed E-state index contributed by atoms with van der Waals surface area (Å²) in [6.07, 6.45) is 5.50. The van der Waals surface area contributed by atoms with E-state index in [0.717, 1.165) is 6.42 Å². The van der Waals surface area contributed by atoms with Crippen LogP contribution in [0.15, 0.2) is 23.7 Å². The maximum Gasteiger partial charge on any atom is 0.320 e. The van der Waals surface area contributed by atoms with E-state index >= 15 is 0 Å². The van der Waals surface area contributed by atoms with Crippen LogP contribution in [0.3, 0.4) is 0 Å². The van der Waals surface area contributed by atoms with Crippen molar-refractivity contribution in [2.75, 3.05) is 0 Å². The molecule has 0 bridgehead atoms. The summed E-state index contributed by atoms with van der Waals surface area (Å²) in [4.78, 5) is 28.7. The van der Waals surface area contributed by atoms with Crippen LogP contribution in [0.25, 0.3) is 0 Å². The van der Waals surface area contributed by atoms with Crippen LogP contribution in [-0.2, 0) is 19.1 Å². The molecule has 0 saturated heterocycles. The van der Waals surface area contributed by atoms with Gasteiger partial charge in [-0.05, 0) is 51.1 Å². The smallest absolute Gasteiger partial charge is 0.320 e. The number of aliphatic hydroxyl groups excluding tert-OH is 2. The third kappa shape index (κ3) is 7.00. The zero-order valence-electron chi connectivity index (χ0n) is 31.9. The summed E-state index contributed by atoms with van der Waals surface area (Å²) < 4.78 is 13.2. The lowest BCUT2D eigenvalue weighted by Crippen LogP contribution is -2.61. The normalized spacial score (nSPS) is 29.4. The number of unbranched alkanes of at least 4 members (excludes halogenated alkanes) is 1. The Labute approximate surface area is 275 Å². The average Bonchev–Trinajstić information content (AvgIpc) is 2.80. The largest absolute Gasteiger partial charge is 0.513 e. The Morgan fingerprint density at radius 3 is 1.24 bits per heavy atom. The highest BCUT2D eigenvalue weighted by Crippen LogP contribution is 2.64. The molecule has 6 nitrogen and oxygen atoms in total. The van der Waals surface area contributed by atoms with Gasteiger partial charge in [-0.2, -0.15) is 0 Å². The van der Waals surface area contributed by atoms with Gasteiger partial charge in [0.2, 0.25) is 0 Å². The fraction of sp³-hybridized carbons (Fsp3) is 0.846. The van der Waals surface area contributed by atoms with Crippen molar-refractivity contribution in [1.29, 1.82) is 0 Å². The maximum atomic E-state index is 14.4. The number of carbonyl (C=O) groups is 2. The van der Waals surface area contributed by atoms with Gasteiger partial charge < -0.3 is 19.7 Å². The van der Waals surface area contributed by atoms with Crippen molar-refractivity contribution in [2.45, 2.75) is 162 Å². The molecule has 2 aliphatic carbocycles. The average molecular weight is 633 g/mol. The number of aliphatic hydroxyl groups is 2. The van der Waals surface area contributed by atoms with Crippen molar-refractivity contribution < 1.29 is 29.3 Å². The molecule has 4 unspecified atom stereocenters. The molecule has 0 aromatic heterocycles. The lowest BCUT2D eigenvalue weighted by atomic mass is 9.45. The molecule has 260 valence electrons. The predicted octanol–water partition coefficient (Wildman–Crippen LogP) is 10.5. The first-order chi connectivity index (χ1) is 19.9. The van der Waals surface area contributed by atoms with Gasteiger partial charge in [0.15, 0.2) is 5.92 Å². The van der Waals surface area contributed by atoms with E-state index < -0.39 is 73.4 Å². The predicted molar refractivity (Wildman–Crippen MR) is 184 cm³/mol. The third-order valence-corrected chi connectivity index (χ3v) is 12.3. The molecule has 0 fully saturated rings. The number of hydrogen-bond donors (Lipinski definition) is 2. The highest BCUT2D eigenvalue weighted by molar-refractivity contribution is 5.95. The zero-order chi connectivity index (χ0) is 35.4. The molecule has 2 rings (SSSR count). The minimum atomic E-state index is -1.07. The van der Waals surface area contributed by atoms with Gasteiger partial charge >= 0.3 is 11.9 Å². The number of esters is 2. The lowest BCUT2D eigenvalue weighted by Gasteiger charge is -2.61. The zero-order valence-corrected chi connectivity index (χ0v) is 31.9. The van der Waals surface area contributed by atoms with Crippen LogP contribution in [0, 0.1) is 49.2 Å². The van der Waals surface area contributed by atoms with E-state index in [-0.39, 0.29) is 0 Å². The molecule has 0 aromatic rings. The quantitative estimate of drug-likeness (QED) is 0.194. The van der Waals surface area contributed by atoms with Crippen LogP contribution >= 0.6 is 0 Å². The number of ether oxygens (including phenoxy) is 2. The van der Waals surface area contributed by atoms with Crippen LogP contribution in [0.1, 0.15) is 150 Å². The van der Waals surface area contributed by atoms with E-state index in [9.17, 15) is 19.8 Å². The summed E-state index contributed by atoms with van der Waals surface area (Å²) in [7, 11) is 0. The van der Waals surface area contributed by atoms with Crippen molar-refractivity contribution in [1.82, 2.24) is 0 Å². The summed E-state index contributed by atoms with van der Waals surface area (Å²) in [5.74, 6) is -1.45. The van der Waals surface area contributed by atoms with Crippen molar-refractivity contribution in [2.24, 2.45) is 49.2 Å². The van der Waals surface area contributed by atoms with Gasteiger partial charge in [0, 0.05) is 23.7 Å². The second kappa shape index (κ2) is 12.2. The fourth-order valence-electron chi connectivity index (χ4n) is 9.10. The Morgan fingerprint density at radius 1 is 0.689 bits per heavy atom. The van der Waals surface area contributed by atoms with E-state index in [1.54, 1.807) is 0 Å². The molecule has 4 atom stereocenters. The van der Waals surface area contributed by atoms with Crippen LogP contribution in [-0.4, -0.2) is 34.4 Å². The standard InChI is InChI=1S/C39H68O6/c1-18-19-20-27(28(42)44-30(32(2,3)4)38(16)34(8,9)21-25(40)22-35(38,10)11)29(43)45-31(33(5,6)7)39(17)36(12,13)23-26(41)24-37(39,14)15/h21,23,27,30-31,40-41H,18-20,22,24H2,1-17H3. The topological polar surface area (TPSA) is 93.1 Å². The minimum absolute atomic E-state index is 0.344. The van der Waals surface area contributed by atoms with E-state index in [4.69, 9.17) is 9.47 Å². The van der Waals surface area contributed by atoms with Crippen molar-refractivity contribution in [3.8, 4) is 0 Å². The number of hydrogen-bond acceptors (Lipinski definition) is 6. The summed E-state index contributed by atoms with van der Waals surface area (Å²) in [6.45, 7) is 35.7. The molecular formula is C39H68O6. The molecule has 0 saturated carbocycles. The van der Waals surface area contributed by atoms with Crippen molar-refractivity contribution in [3.63, 3.8) is 0 Å². The van der Waals surface area contributed by atoms with Gasteiger partial charge in [-0.1, -0.05) is 131 Å². The van der Waals surface area contributed by atoms with E-state index in [1.165, 1.54) is 0 Å². The first kappa shape index (κ1) is 39.2. The van der Waals surface area contributed by atoms with Gasteiger partial charge in [-0.3, -0.25) is 9.59 Å². The third-order valence-electron chi connectivity index (χ3n) is 12.3. The molecule has 45 heavy (non-hydrogen) atoms. The molecule has 2 aliphatic rings. The fourth-order valence-corrected chi connectivity index (χ4v) is 9.10. The van der Waals surface area contributed by atoms with Crippen LogP contribution < -0.4 is 0 Å². The van der Waals surface area contributed by atoms with Crippen LogP contribution in [0.5, 0.6) is 0 Å². The summed E-state index contributed by atoms with van der Waals surface area (Å²) in [6, 6.07) is 0. The molecule has 0 aromatic carbocycles. The Kier molecular flexibility index (Phi) is 10.7. The lowest BCUT2D eigenvalue weighted by molar-refractivity contribution is -0.212. The van der Waals surface area contributed by atoms with Gasteiger partial charge in [0.05, 0.1) is 11.5 Å². The van der Waals surface area contributed by atoms with Gasteiger partial charge in [-0.15, -0.1) is 0 Å². The van der Waals surface area contributed by atoms with E-state index in [2.05, 4.69) is 111 Å². The molecule has 2 N–H and O–H groups in total. The van der Waals surface area contributed by atoms with E-state index in [1.807, 2.05) is 19.1 Å². The van der Waals surface area contributed by atoms with Gasteiger partial charge in [0.25, 0.3) is 0 Å². The van der Waals surface area contributed by atoms with Crippen LogP contribution in [0.2, 0.25) is 0 Å². The minimum Gasteiger partial charge on any atom is -0.513 e. The molecule has 0 spiro atoms. The number of carbonyl (C=O) groups excluding carboxylic acids is 2. The highest BCUT2D eigenvalue weighted by atomic mass is 16.6. The molecule has 0 amide bonds. The highest BCUT2D eigenvalue weighted by Gasteiger charge is 2.63. The SMILES string of the molecule is CCCCC(C(=O)OC(C(C)(C)C)C1(C)C(C)(C)C=C(O)CC1(C)C)C(=O)OC(C(C)(C)C)C1(C)C(C)(C)C=C(O)CC1(C)C. The molecule has 0 radical (unpaired) electrons. The number of allylic oxidation sites excluding steroid dienone is 4. The van der Waals surface area contributed by atoms with Gasteiger partial charge in [-0.25, -0.2) is 0 Å². The van der Waals surface area contributed by atoms with Crippen molar-refractivity contribution in [3.05, 3.63) is 23.7 Å². The van der Waals surface area contributed by atoms with Gasteiger partial charge in [0.1, 0.15) is 12.2 Å². The second-order valence-electron chi connectivity index (χ2n) is 19.3. The Bertz CT molecular complexity index is 1080. The maximum absolute atomic E-state index is 14.4. The monoisotopic (exact) mass is 633 g/mol. The molecule has 6 heteroatoms. The first-order valence-electron chi connectivity index (χ1n) is 17.2. The Balaban J connectivity index is 2.62. The van der Waals surface area contributed by atoms with Crippen LogP contribution in [0.4, 0.5) is 0 Å². The van der Waals surface area contributed by atoms with Crippen molar-refractivity contribution >= 4 is 11.9 Å². The summed E-state index contributed by atoms with van der Waals surface area (Å²) >= 11 is 0. The first-order valence-corrected chi connectivity index (χ1v) is 17.2. The Hall–Kier alpha value is -1.98. The summed E-state index contributed by atoms with van der Waals surface area (Å²) in [5, 5.41) is 21.4. The Morgan fingerprint density at radius 2 is 1.00 bits per heavy atom. The second-order valence-corrected chi connectivity index (χ2v) is 19.3. The molecule has 0 heterocycles. The number of rotatable bonds is 9.